The molecule has 0 saturated carbocycles. The van der Waals surface area contributed by atoms with E-state index in [0.717, 1.165) is 14.9 Å². The molecular formula is C17H12BrFN2O2. The molecule has 1 N–H and O–H groups in total. The number of benzene rings is 2. The predicted octanol–water partition coefficient (Wildman–Crippen LogP) is 3.68. The summed E-state index contributed by atoms with van der Waals surface area (Å²) in [6.45, 7) is 0.0955. The maximum absolute atomic E-state index is 12.9. The van der Waals surface area contributed by atoms with Gasteiger partial charge in [0.2, 0.25) is 0 Å². The van der Waals surface area contributed by atoms with Crippen LogP contribution in [-0.2, 0) is 11.3 Å². The van der Waals surface area contributed by atoms with Crippen LogP contribution < -0.4 is 5.32 Å². The van der Waals surface area contributed by atoms with Crippen molar-refractivity contribution in [3.63, 3.8) is 0 Å². The number of nitrogens with one attached hydrogen (secondary N) is 1. The van der Waals surface area contributed by atoms with Crippen LogP contribution in [0, 0.1) is 5.82 Å². The van der Waals surface area contributed by atoms with Gasteiger partial charge in [-0.05, 0) is 35.4 Å². The van der Waals surface area contributed by atoms with E-state index >= 15 is 0 Å². The summed E-state index contributed by atoms with van der Waals surface area (Å²) in [6.07, 6.45) is 1.62. The van der Waals surface area contributed by atoms with Gasteiger partial charge >= 0.3 is 6.03 Å². The first-order valence-corrected chi connectivity index (χ1v) is 7.67. The molecule has 2 aromatic carbocycles. The highest BCUT2D eigenvalue weighted by Gasteiger charge is 2.33. The first-order valence-electron chi connectivity index (χ1n) is 6.88. The summed E-state index contributed by atoms with van der Waals surface area (Å²) < 4.78 is 13.7. The standard InChI is InChI=1S/C17H12BrFN2O2/c18-14-4-2-1-3-12(14)9-15-16(22)21(17(23)20-15)10-11-5-7-13(19)8-6-11/h1-9H,10H2,(H,20,23)/b15-9+. The Kier molecular flexibility index (Phi) is 4.25. The molecule has 116 valence electrons. The zero-order chi connectivity index (χ0) is 16.4. The van der Waals surface area contributed by atoms with Crippen molar-refractivity contribution in [2.24, 2.45) is 0 Å². The summed E-state index contributed by atoms with van der Waals surface area (Å²) in [5.41, 5.74) is 1.68. The number of halogens is 2. The molecule has 1 saturated heterocycles. The van der Waals surface area contributed by atoms with Crippen molar-refractivity contribution in [1.29, 1.82) is 0 Å². The maximum atomic E-state index is 12.9. The van der Waals surface area contributed by atoms with E-state index in [4.69, 9.17) is 0 Å². The molecule has 3 amide bonds. The Morgan fingerprint density at radius 3 is 2.48 bits per heavy atom. The van der Waals surface area contributed by atoms with E-state index < -0.39 is 11.9 Å². The summed E-state index contributed by atoms with van der Waals surface area (Å²) >= 11 is 3.40. The highest BCUT2D eigenvalue weighted by atomic mass is 79.9. The lowest BCUT2D eigenvalue weighted by molar-refractivity contribution is -0.123. The van der Waals surface area contributed by atoms with E-state index in [9.17, 15) is 14.0 Å². The quantitative estimate of drug-likeness (QED) is 0.657. The summed E-state index contributed by atoms with van der Waals surface area (Å²) in [6, 6.07) is 12.6. The van der Waals surface area contributed by atoms with Crippen molar-refractivity contribution in [2.75, 3.05) is 0 Å². The number of rotatable bonds is 3. The van der Waals surface area contributed by atoms with Gasteiger partial charge in [0.25, 0.3) is 5.91 Å². The molecule has 2 aromatic rings. The number of hydrogen-bond acceptors (Lipinski definition) is 2. The van der Waals surface area contributed by atoms with E-state index in [1.807, 2.05) is 24.3 Å². The molecule has 0 aromatic heterocycles. The Labute approximate surface area is 140 Å². The fourth-order valence-electron chi connectivity index (χ4n) is 2.24. The summed E-state index contributed by atoms with van der Waals surface area (Å²) in [7, 11) is 0. The molecule has 0 spiro atoms. The summed E-state index contributed by atoms with van der Waals surface area (Å²) in [5.74, 6) is -0.768. The van der Waals surface area contributed by atoms with Crippen LogP contribution in [0.4, 0.5) is 9.18 Å². The number of hydrogen-bond donors (Lipinski definition) is 1. The Hall–Kier alpha value is -2.47. The van der Waals surface area contributed by atoms with E-state index in [1.165, 1.54) is 12.1 Å². The minimum atomic E-state index is -0.488. The van der Waals surface area contributed by atoms with Crippen LogP contribution in [0.1, 0.15) is 11.1 Å². The fourth-order valence-corrected chi connectivity index (χ4v) is 2.63. The highest BCUT2D eigenvalue weighted by Crippen LogP contribution is 2.21. The fraction of sp³-hybridized carbons (Fsp3) is 0.0588. The summed E-state index contributed by atoms with van der Waals surface area (Å²) in [4.78, 5) is 25.5. The normalized spacial score (nSPS) is 16.1. The van der Waals surface area contributed by atoms with E-state index in [1.54, 1.807) is 18.2 Å². The van der Waals surface area contributed by atoms with Crippen LogP contribution in [0.25, 0.3) is 6.08 Å². The largest absolute Gasteiger partial charge is 0.329 e. The number of nitrogens with zero attached hydrogens (tertiary/aromatic N) is 1. The van der Waals surface area contributed by atoms with Gasteiger partial charge in [0, 0.05) is 4.47 Å². The zero-order valence-corrected chi connectivity index (χ0v) is 13.5. The van der Waals surface area contributed by atoms with E-state index in [0.29, 0.717) is 5.56 Å². The first kappa shape index (κ1) is 15.4. The predicted molar refractivity (Wildman–Crippen MR) is 87.6 cm³/mol. The van der Waals surface area contributed by atoms with Gasteiger partial charge in [0.15, 0.2) is 0 Å². The van der Waals surface area contributed by atoms with Gasteiger partial charge in [0.1, 0.15) is 11.5 Å². The second kappa shape index (κ2) is 6.34. The Morgan fingerprint density at radius 1 is 1.09 bits per heavy atom. The third-order valence-corrected chi connectivity index (χ3v) is 4.14. The van der Waals surface area contributed by atoms with Gasteiger partial charge in [-0.3, -0.25) is 9.69 Å². The van der Waals surface area contributed by atoms with Gasteiger partial charge in [-0.1, -0.05) is 46.3 Å². The lowest BCUT2D eigenvalue weighted by atomic mass is 10.2. The smallest absolute Gasteiger partial charge is 0.303 e. The third kappa shape index (κ3) is 3.32. The molecule has 23 heavy (non-hydrogen) atoms. The van der Waals surface area contributed by atoms with Gasteiger partial charge < -0.3 is 5.32 Å². The number of imide groups is 1. The molecule has 0 aliphatic carbocycles. The van der Waals surface area contributed by atoms with Crippen molar-refractivity contribution >= 4 is 33.9 Å². The zero-order valence-electron chi connectivity index (χ0n) is 11.9. The molecule has 0 unspecified atom stereocenters. The Bertz CT molecular complexity index is 802. The molecule has 6 heteroatoms. The van der Waals surface area contributed by atoms with Crippen LogP contribution in [0.5, 0.6) is 0 Å². The van der Waals surface area contributed by atoms with Crippen LogP contribution >= 0.6 is 15.9 Å². The van der Waals surface area contributed by atoms with Gasteiger partial charge in [-0.15, -0.1) is 0 Å². The minimum Gasteiger partial charge on any atom is -0.303 e. The Balaban J connectivity index is 1.82. The number of amides is 3. The minimum absolute atomic E-state index is 0.0955. The van der Waals surface area contributed by atoms with Crippen LogP contribution in [0.2, 0.25) is 0 Å². The van der Waals surface area contributed by atoms with Crippen molar-refractivity contribution in [1.82, 2.24) is 10.2 Å². The Morgan fingerprint density at radius 2 is 1.78 bits per heavy atom. The molecule has 1 aliphatic rings. The average molecular weight is 375 g/mol. The van der Waals surface area contributed by atoms with Crippen molar-refractivity contribution < 1.29 is 14.0 Å². The topological polar surface area (TPSA) is 49.4 Å². The molecule has 1 heterocycles. The number of carbonyl (C=O) groups is 2. The third-order valence-electron chi connectivity index (χ3n) is 3.42. The average Bonchev–Trinajstić information content (AvgIpc) is 2.79. The van der Waals surface area contributed by atoms with E-state index in [2.05, 4.69) is 21.2 Å². The molecule has 3 rings (SSSR count). The number of urea groups is 1. The van der Waals surface area contributed by atoms with Gasteiger partial charge in [-0.2, -0.15) is 0 Å². The van der Waals surface area contributed by atoms with E-state index in [-0.39, 0.29) is 18.1 Å². The second-order valence-electron chi connectivity index (χ2n) is 5.03. The van der Waals surface area contributed by atoms with Crippen molar-refractivity contribution in [2.45, 2.75) is 6.54 Å². The monoisotopic (exact) mass is 374 g/mol. The lowest BCUT2D eigenvalue weighted by Gasteiger charge is -2.11. The van der Waals surface area contributed by atoms with Crippen LogP contribution in [0.15, 0.2) is 58.7 Å². The SMILES string of the molecule is O=C1N/C(=C/c2ccccc2Br)C(=O)N1Cc1ccc(F)cc1. The summed E-state index contributed by atoms with van der Waals surface area (Å²) in [5, 5.41) is 2.56. The van der Waals surface area contributed by atoms with Crippen molar-refractivity contribution in [3.8, 4) is 0 Å². The lowest BCUT2D eigenvalue weighted by Crippen LogP contribution is -2.30. The van der Waals surface area contributed by atoms with Gasteiger partial charge in [0.05, 0.1) is 6.54 Å². The first-order chi connectivity index (χ1) is 11.0. The molecule has 0 bridgehead atoms. The highest BCUT2D eigenvalue weighted by molar-refractivity contribution is 9.10. The molecule has 1 aliphatic heterocycles. The van der Waals surface area contributed by atoms with Crippen LogP contribution in [0.3, 0.4) is 0 Å². The molecule has 0 radical (unpaired) electrons. The van der Waals surface area contributed by atoms with Gasteiger partial charge in [-0.25, -0.2) is 9.18 Å². The molecule has 0 atom stereocenters. The molecular weight excluding hydrogens is 363 g/mol. The number of carbonyl (C=O) groups excluding carboxylic acids is 2. The second-order valence-corrected chi connectivity index (χ2v) is 5.88. The molecule has 4 nitrogen and oxygen atoms in total. The van der Waals surface area contributed by atoms with Crippen molar-refractivity contribution in [3.05, 3.63) is 75.6 Å². The van der Waals surface area contributed by atoms with Crippen LogP contribution in [-0.4, -0.2) is 16.8 Å². The molecule has 1 fully saturated rings. The maximum Gasteiger partial charge on any atom is 0.329 e.